The Kier molecular flexibility index (Phi) is 3.70. The summed E-state index contributed by atoms with van der Waals surface area (Å²) in [7, 11) is 0. The second kappa shape index (κ2) is 5.65. The van der Waals surface area contributed by atoms with Gasteiger partial charge in [-0.1, -0.05) is 30.3 Å². The van der Waals surface area contributed by atoms with Gasteiger partial charge in [0.05, 0.1) is 12.4 Å². The lowest BCUT2D eigenvalue weighted by atomic mass is 10.2. The molecule has 1 aromatic rings. The fourth-order valence-electron chi connectivity index (χ4n) is 1.39. The number of allylic oxidation sites excluding steroid dienone is 2. The number of hydrogen-bond donors (Lipinski definition) is 2. The molecule has 0 saturated carbocycles. The Bertz CT molecular complexity index is 475. The summed E-state index contributed by atoms with van der Waals surface area (Å²) < 4.78 is 5.57. The van der Waals surface area contributed by atoms with Crippen molar-refractivity contribution in [1.29, 1.82) is 5.41 Å². The van der Waals surface area contributed by atoms with E-state index >= 15 is 0 Å². The molecule has 0 amide bonds. The smallest absolute Gasteiger partial charge is 0.162 e. The van der Waals surface area contributed by atoms with Crippen LogP contribution in [0, 0.1) is 5.41 Å². The van der Waals surface area contributed by atoms with Crippen LogP contribution in [0.5, 0.6) is 0 Å². The minimum atomic E-state index is 0.439. The highest BCUT2D eigenvalue weighted by Crippen LogP contribution is 2.07. The average molecular weight is 227 g/mol. The zero-order chi connectivity index (χ0) is 11.9. The maximum absolute atomic E-state index is 7.33. The van der Waals surface area contributed by atoms with E-state index in [4.69, 9.17) is 10.1 Å². The van der Waals surface area contributed by atoms with Crippen LogP contribution in [0.3, 0.4) is 0 Å². The molecule has 0 unspecified atom stereocenters. The molecule has 86 valence electrons. The topological polar surface area (TPSA) is 57.5 Å². The molecule has 17 heavy (non-hydrogen) atoms. The van der Waals surface area contributed by atoms with Crippen LogP contribution < -0.4 is 5.32 Å². The van der Waals surface area contributed by atoms with Gasteiger partial charge in [0, 0.05) is 12.4 Å². The molecule has 0 atom stereocenters. The fourth-order valence-corrected chi connectivity index (χ4v) is 1.39. The van der Waals surface area contributed by atoms with Gasteiger partial charge in [-0.05, 0) is 5.56 Å². The van der Waals surface area contributed by atoms with Crippen molar-refractivity contribution in [1.82, 2.24) is 5.32 Å². The molecular formula is C13H13N3O. The molecule has 2 N–H and O–H groups in total. The molecule has 0 spiro atoms. The number of nitrogens with one attached hydrogen (secondary N) is 2. The number of nitrogens with zero attached hydrogens (tertiary/aromatic N) is 1. The second-order valence-corrected chi connectivity index (χ2v) is 3.43. The van der Waals surface area contributed by atoms with E-state index in [9.17, 15) is 0 Å². The average Bonchev–Trinajstić information content (AvgIpc) is 2.42. The van der Waals surface area contributed by atoms with Gasteiger partial charge in [0.1, 0.15) is 12.3 Å². The minimum absolute atomic E-state index is 0.439. The van der Waals surface area contributed by atoms with Crippen molar-refractivity contribution in [3.05, 3.63) is 59.8 Å². The first-order chi connectivity index (χ1) is 8.40. The van der Waals surface area contributed by atoms with Crippen LogP contribution in [0.15, 0.2) is 59.2 Å². The molecule has 0 radical (unpaired) electrons. The van der Waals surface area contributed by atoms with Crippen LogP contribution >= 0.6 is 0 Å². The summed E-state index contributed by atoms with van der Waals surface area (Å²) in [5.74, 6) is 0.474. The van der Waals surface area contributed by atoms with Crippen LogP contribution in [0.25, 0.3) is 0 Å². The summed E-state index contributed by atoms with van der Waals surface area (Å²) in [6.45, 7) is 0.439. The lowest BCUT2D eigenvalue weighted by molar-refractivity contribution is 0.216. The van der Waals surface area contributed by atoms with Gasteiger partial charge in [-0.25, -0.2) is 0 Å². The van der Waals surface area contributed by atoms with Crippen molar-refractivity contribution >= 4 is 12.4 Å². The number of ether oxygens (including phenoxy) is 1. The van der Waals surface area contributed by atoms with Gasteiger partial charge in [0.2, 0.25) is 0 Å². The fraction of sp³-hybridized carbons (Fsp3) is 0.0769. The first kappa shape index (κ1) is 11.1. The normalized spacial score (nSPS) is 16.2. The SMILES string of the molecule is N=C/C(OCc1ccccc1)=C1/C=NC=CN1. The molecule has 0 fully saturated rings. The Morgan fingerprint density at radius 1 is 1.35 bits per heavy atom. The maximum Gasteiger partial charge on any atom is 0.162 e. The monoisotopic (exact) mass is 227 g/mol. The molecule has 2 rings (SSSR count). The van der Waals surface area contributed by atoms with Crippen molar-refractivity contribution in [2.45, 2.75) is 6.61 Å². The molecule has 0 bridgehead atoms. The Morgan fingerprint density at radius 3 is 2.82 bits per heavy atom. The standard InChI is InChI=1S/C13H13N3O/c14-8-13(12-9-15-6-7-16-12)17-10-11-4-2-1-3-5-11/h1-9,14,16H,10H2/b13-12+,14-8?. The number of rotatable bonds is 4. The minimum Gasteiger partial charge on any atom is -0.485 e. The van der Waals surface area contributed by atoms with Crippen molar-refractivity contribution in [2.24, 2.45) is 4.99 Å². The highest BCUT2D eigenvalue weighted by atomic mass is 16.5. The summed E-state index contributed by atoms with van der Waals surface area (Å²) in [4.78, 5) is 3.97. The van der Waals surface area contributed by atoms with Crippen LogP contribution in [0.2, 0.25) is 0 Å². The second-order valence-electron chi connectivity index (χ2n) is 3.43. The highest BCUT2D eigenvalue weighted by molar-refractivity contribution is 5.88. The van der Waals surface area contributed by atoms with Gasteiger partial charge in [0.25, 0.3) is 0 Å². The first-order valence-electron chi connectivity index (χ1n) is 5.26. The zero-order valence-electron chi connectivity index (χ0n) is 9.26. The lowest BCUT2D eigenvalue weighted by Crippen LogP contribution is -2.14. The van der Waals surface area contributed by atoms with Gasteiger partial charge < -0.3 is 15.5 Å². The Labute approximate surface area is 99.8 Å². The van der Waals surface area contributed by atoms with E-state index in [0.29, 0.717) is 18.1 Å². The number of aliphatic imine (C=N–C) groups is 1. The Balaban J connectivity index is 2.04. The van der Waals surface area contributed by atoms with Gasteiger partial charge in [-0.15, -0.1) is 0 Å². The van der Waals surface area contributed by atoms with Gasteiger partial charge in [-0.2, -0.15) is 0 Å². The Morgan fingerprint density at radius 2 is 2.18 bits per heavy atom. The maximum atomic E-state index is 7.33. The van der Waals surface area contributed by atoms with Crippen molar-refractivity contribution in [3.8, 4) is 0 Å². The molecule has 1 aromatic carbocycles. The predicted molar refractivity (Wildman–Crippen MR) is 67.8 cm³/mol. The van der Waals surface area contributed by atoms with Gasteiger partial charge >= 0.3 is 0 Å². The molecular weight excluding hydrogens is 214 g/mol. The van der Waals surface area contributed by atoms with Gasteiger partial charge in [0.15, 0.2) is 5.76 Å². The van der Waals surface area contributed by atoms with Crippen LogP contribution in [-0.2, 0) is 11.3 Å². The molecule has 0 aliphatic carbocycles. The molecule has 4 heteroatoms. The molecule has 0 saturated heterocycles. The summed E-state index contributed by atoms with van der Waals surface area (Å²) in [5.41, 5.74) is 1.76. The predicted octanol–water partition coefficient (Wildman–Crippen LogP) is 2.21. The third-order valence-corrected chi connectivity index (χ3v) is 2.24. The largest absolute Gasteiger partial charge is 0.485 e. The highest BCUT2D eigenvalue weighted by Gasteiger charge is 2.04. The number of benzene rings is 1. The van der Waals surface area contributed by atoms with Crippen molar-refractivity contribution < 1.29 is 4.74 Å². The quantitative estimate of drug-likeness (QED) is 0.612. The van der Waals surface area contributed by atoms with E-state index < -0.39 is 0 Å². The van der Waals surface area contributed by atoms with Crippen molar-refractivity contribution in [3.63, 3.8) is 0 Å². The molecule has 1 heterocycles. The van der Waals surface area contributed by atoms with E-state index in [1.54, 1.807) is 18.6 Å². The van der Waals surface area contributed by atoms with E-state index in [1.165, 1.54) is 6.21 Å². The first-order valence-corrected chi connectivity index (χ1v) is 5.26. The summed E-state index contributed by atoms with van der Waals surface area (Å²) in [6.07, 6.45) is 6.15. The molecule has 1 aliphatic rings. The molecule has 4 nitrogen and oxygen atoms in total. The number of hydrogen-bond acceptors (Lipinski definition) is 4. The zero-order valence-corrected chi connectivity index (χ0v) is 9.26. The summed E-state index contributed by atoms with van der Waals surface area (Å²) in [5, 5.41) is 10.3. The molecule has 0 aromatic heterocycles. The van der Waals surface area contributed by atoms with E-state index in [-0.39, 0.29) is 0 Å². The van der Waals surface area contributed by atoms with E-state index in [0.717, 1.165) is 5.56 Å². The summed E-state index contributed by atoms with van der Waals surface area (Å²) >= 11 is 0. The van der Waals surface area contributed by atoms with E-state index in [2.05, 4.69) is 10.3 Å². The van der Waals surface area contributed by atoms with Crippen LogP contribution in [-0.4, -0.2) is 12.4 Å². The lowest BCUT2D eigenvalue weighted by Gasteiger charge is -2.11. The third kappa shape index (κ3) is 3.04. The Hall–Kier alpha value is -2.36. The summed E-state index contributed by atoms with van der Waals surface area (Å²) in [6, 6.07) is 9.83. The van der Waals surface area contributed by atoms with E-state index in [1.807, 2.05) is 30.3 Å². The molecule has 1 aliphatic heterocycles. The van der Waals surface area contributed by atoms with Gasteiger partial charge in [-0.3, -0.25) is 4.99 Å². The van der Waals surface area contributed by atoms with Crippen molar-refractivity contribution in [2.75, 3.05) is 0 Å². The third-order valence-electron chi connectivity index (χ3n) is 2.24. The van der Waals surface area contributed by atoms with Crippen LogP contribution in [0.1, 0.15) is 5.56 Å². The van der Waals surface area contributed by atoms with Crippen LogP contribution in [0.4, 0.5) is 0 Å².